The van der Waals surface area contributed by atoms with Gasteiger partial charge in [0.1, 0.15) is 0 Å². The van der Waals surface area contributed by atoms with Gasteiger partial charge in [-0.15, -0.1) is 0 Å². The van der Waals surface area contributed by atoms with E-state index in [1.54, 1.807) is 0 Å². The average Bonchev–Trinajstić information content (AvgIpc) is 2.26. The SMILES string of the molecule is Clc1cccc(CC2[CH]NCCC2)c1Cl. The minimum absolute atomic E-state index is 0.578. The summed E-state index contributed by atoms with van der Waals surface area (Å²) in [6, 6.07) is 5.84. The number of nitrogens with one attached hydrogen (secondary N) is 1. The van der Waals surface area contributed by atoms with Crippen LogP contribution in [-0.2, 0) is 6.42 Å². The zero-order valence-electron chi connectivity index (χ0n) is 8.47. The molecule has 15 heavy (non-hydrogen) atoms. The molecule has 1 nitrogen and oxygen atoms in total. The molecule has 1 aromatic rings. The first kappa shape index (κ1) is 11.3. The lowest BCUT2D eigenvalue weighted by Gasteiger charge is -2.22. The van der Waals surface area contributed by atoms with Crippen molar-refractivity contribution in [2.45, 2.75) is 19.3 Å². The van der Waals surface area contributed by atoms with E-state index in [0.29, 0.717) is 16.0 Å². The summed E-state index contributed by atoms with van der Waals surface area (Å²) in [7, 11) is 0. The third kappa shape index (κ3) is 2.87. The molecule has 81 valence electrons. The van der Waals surface area contributed by atoms with Gasteiger partial charge in [-0.1, -0.05) is 35.3 Å². The molecule has 1 aromatic carbocycles. The molecule has 1 unspecified atom stereocenters. The summed E-state index contributed by atoms with van der Waals surface area (Å²) in [6.45, 7) is 3.28. The Balaban J connectivity index is 2.06. The number of rotatable bonds is 2. The highest BCUT2D eigenvalue weighted by Crippen LogP contribution is 2.29. The van der Waals surface area contributed by atoms with Crippen molar-refractivity contribution in [1.29, 1.82) is 0 Å². The van der Waals surface area contributed by atoms with Gasteiger partial charge in [0, 0.05) is 6.54 Å². The van der Waals surface area contributed by atoms with Crippen LogP contribution < -0.4 is 5.32 Å². The van der Waals surface area contributed by atoms with Crippen LogP contribution in [0.1, 0.15) is 18.4 Å². The Kier molecular flexibility index (Phi) is 3.90. The number of benzene rings is 1. The second-order valence-electron chi connectivity index (χ2n) is 3.94. The molecule has 0 spiro atoms. The van der Waals surface area contributed by atoms with Crippen LogP contribution in [0.5, 0.6) is 0 Å². The van der Waals surface area contributed by atoms with Crippen molar-refractivity contribution in [3.8, 4) is 0 Å². The molecule has 1 fully saturated rings. The lowest BCUT2D eigenvalue weighted by atomic mass is 9.92. The van der Waals surface area contributed by atoms with Gasteiger partial charge < -0.3 is 5.32 Å². The molecule has 0 saturated carbocycles. The van der Waals surface area contributed by atoms with Gasteiger partial charge >= 0.3 is 0 Å². The van der Waals surface area contributed by atoms with E-state index < -0.39 is 0 Å². The third-order valence-corrected chi connectivity index (χ3v) is 3.62. The highest BCUT2D eigenvalue weighted by atomic mass is 35.5. The lowest BCUT2D eigenvalue weighted by molar-refractivity contribution is 0.433. The maximum atomic E-state index is 6.15. The normalized spacial score (nSPS) is 21.6. The van der Waals surface area contributed by atoms with Gasteiger partial charge in [-0.3, -0.25) is 0 Å². The molecule has 1 atom stereocenters. The summed E-state index contributed by atoms with van der Waals surface area (Å²) in [5.41, 5.74) is 1.15. The number of halogens is 2. The molecule has 0 bridgehead atoms. The first-order valence-electron chi connectivity index (χ1n) is 5.27. The van der Waals surface area contributed by atoms with Crippen molar-refractivity contribution in [2.75, 3.05) is 6.54 Å². The largest absolute Gasteiger partial charge is 0.312 e. The molecule has 1 N–H and O–H groups in total. The van der Waals surface area contributed by atoms with Crippen molar-refractivity contribution in [3.05, 3.63) is 40.4 Å². The molecular formula is C12H14Cl2N. The molecule has 0 amide bonds. The van der Waals surface area contributed by atoms with Crippen LogP contribution in [0.4, 0.5) is 0 Å². The predicted molar refractivity (Wildman–Crippen MR) is 65.2 cm³/mol. The minimum Gasteiger partial charge on any atom is -0.312 e. The van der Waals surface area contributed by atoms with Crippen LogP contribution in [0.3, 0.4) is 0 Å². The Morgan fingerprint density at radius 2 is 2.20 bits per heavy atom. The molecule has 1 aliphatic rings. The smallest absolute Gasteiger partial charge is 0.0624 e. The van der Waals surface area contributed by atoms with E-state index in [1.165, 1.54) is 12.8 Å². The van der Waals surface area contributed by atoms with Gasteiger partial charge in [-0.05, 0) is 43.4 Å². The van der Waals surface area contributed by atoms with E-state index in [-0.39, 0.29) is 0 Å². The van der Waals surface area contributed by atoms with Crippen LogP contribution >= 0.6 is 23.2 Å². The monoisotopic (exact) mass is 242 g/mol. The van der Waals surface area contributed by atoms with Crippen LogP contribution in [0.15, 0.2) is 18.2 Å². The average molecular weight is 243 g/mol. The van der Waals surface area contributed by atoms with Gasteiger partial charge in [0.25, 0.3) is 0 Å². The summed E-state index contributed by atoms with van der Waals surface area (Å²) in [4.78, 5) is 0. The quantitative estimate of drug-likeness (QED) is 0.835. The fourth-order valence-corrected chi connectivity index (χ4v) is 2.35. The van der Waals surface area contributed by atoms with E-state index >= 15 is 0 Å². The standard InChI is InChI=1S/C12H14Cl2N/c13-11-5-1-4-10(12(11)14)7-9-3-2-6-15-8-9/h1,4-5,8-9,15H,2-3,6-7H2. The number of hydrogen-bond acceptors (Lipinski definition) is 1. The van der Waals surface area contributed by atoms with Gasteiger partial charge in [0.15, 0.2) is 0 Å². The molecular weight excluding hydrogens is 229 g/mol. The Labute approximate surface area is 101 Å². The fourth-order valence-electron chi connectivity index (χ4n) is 1.95. The fraction of sp³-hybridized carbons (Fsp3) is 0.417. The van der Waals surface area contributed by atoms with Gasteiger partial charge in [0.2, 0.25) is 0 Å². The highest BCUT2D eigenvalue weighted by Gasteiger charge is 2.15. The van der Waals surface area contributed by atoms with Crippen molar-refractivity contribution in [3.63, 3.8) is 0 Å². The van der Waals surface area contributed by atoms with E-state index in [1.807, 2.05) is 12.1 Å². The van der Waals surface area contributed by atoms with Crippen LogP contribution in [0, 0.1) is 12.5 Å². The van der Waals surface area contributed by atoms with Crippen LogP contribution in [-0.4, -0.2) is 6.54 Å². The summed E-state index contributed by atoms with van der Waals surface area (Å²) in [6.07, 6.45) is 3.45. The third-order valence-electron chi connectivity index (χ3n) is 2.76. The van der Waals surface area contributed by atoms with Crippen LogP contribution in [0.25, 0.3) is 0 Å². The minimum atomic E-state index is 0.578. The van der Waals surface area contributed by atoms with Gasteiger partial charge in [0.05, 0.1) is 10.0 Å². The van der Waals surface area contributed by atoms with Gasteiger partial charge in [-0.25, -0.2) is 0 Å². The van der Waals surface area contributed by atoms with E-state index in [9.17, 15) is 0 Å². The topological polar surface area (TPSA) is 12.0 Å². The maximum absolute atomic E-state index is 6.15. The molecule has 1 radical (unpaired) electrons. The lowest BCUT2D eigenvalue weighted by Crippen LogP contribution is -2.25. The first-order valence-corrected chi connectivity index (χ1v) is 6.02. The molecule has 1 heterocycles. The summed E-state index contributed by atoms with van der Waals surface area (Å²) < 4.78 is 0. The Morgan fingerprint density at radius 1 is 1.33 bits per heavy atom. The predicted octanol–water partition coefficient (Wildman–Crippen LogP) is 3.70. The molecule has 3 heteroatoms. The second-order valence-corrected chi connectivity index (χ2v) is 4.73. The van der Waals surface area contributed by atoms with E-state index in [0.717, 1.165) is 18.5 Å². The maximum Gasteiger partial charge on any atom is 0.0624 e. The second kappa shape index (κ2) is 5.20. The summed E-state index contributed by atoms with van der Waals surface area (Å²) >= 11 is 12.1. The number of hydrogen-bond donors (Lipinski definition) is 1. The molecule has 0 aromatic heterocycles. The van der Waals surface area contributed by atoms with Crippen molar-refractivity contribution >= 4 is 23.2 Å². The van der Waals surface area contributed by atoms with Crippen molar-refractivity contribution in [1.82, 2.24) is 5.32 Å². The molecule has 0 aliphatic carbocycles. The van der Waals surface area contributed by atoms with E-state index in [4.69, 9.17) is 23.2 Å². The molecule has 1 aliphatic heterocycles. The van der Waals surface area contributed by atoms with Crippen molar-refractivity contribution < 1.29 is 0 Å². The summed E-state index contributed by atoms with van der Waals surface area (Å²) in [5.74, 6) is 0.578. The number of piperidine rings is 1. The Bertz CT molecular complexity index is 332. The molecule has 2 rings (SSSR count). The Morgan fingerprint density at radius 3 is 2.93 bits per heavy atom. The zero-order valence-corrected chi connectivity index (χ0v) is 9.98. The zero-order chi connectivity index (χ0) is 10.7. The van der Waals surface area contributed by atoms with Crippen molar-refractivity contribution in [2.24, 2.45) is 5.92 Å². The molecule has 1 saturated heterocycles. The van der Waals surface area contributed by atoms with Gasteiger partial charge in [-0.2, -0.15) is 0 Å². The Hall–Kier alpha value is -0.240. The van der Waals surface area contributed by atoms with Crippen LogP contribution in [0.2, 0.25) is 10.0 Å². The first-order chi connectivity index (χ1) is 7.27. The highest BCUT2D eigenvalue weighted by molar-refractivity contribution is 6.42. The van der Waals surface area contributed by atoms with E-state index in [2.05, 4.69) is 17.9 Å². The summed E-state index contributed by atoms with van der Waals surface area (Å²) in [5, 5.41) is 4.65.